The molecule has 0 aliphatic carbocycles. The number of carbonyl (C=O) groups is 3. The SMILES string of the molecule is CC(C)(C)OC(=O)N[C@@H](Cc1cn(C(c2ccccc2)(c2ccccc2)c2ccccc2)cn1)C(=O)NC1=Nc2ccc(C(=O)c3ccccc3)cc2C1. The molecular weight excluding hydrogens is 675 g/mol. The van der Waals surface area contributed by atoms with E-state index in [2.05, 4.69) is 56.6 Å². The van der Waals surface area contributed by atoms with Crippen LogP contribution in [0.1, 0.15) is 64.6 Å². The Kier molecular flexibility index (Phi) is 10.0. The van der Waals surface area contributed by atoms with E-state index in [0.29, 0.717) is 34.8 Å². The highest BCUT2D eigenvalue weighted by atomic mass is 16.6. The number of imidazole rings is 1. The van der Waals surface area contributed by atoms with Crippen molar-refractivity contribution < 1.29 is 19.1 Å². The summed E-state index contributed by atoms with van der Waals surface area (Å²) in [6.07, 6.45) is 3.37. The summed E-state index contributed by atoms with van der Waals surface area (Å²) in [5, 5.41) is 5.71. The van der Waals surface area contributed by atoms with Gasteiger partial charge in [0.1, 0.15) is 23.0 Å². The van der Waals surface area contributed by atoms with Crippen LogP contribution in [0.15, 0.2) is 157 Å². The standard InChI is InChI=1S/C45H41N5O4/c1-44(2,3)54-43(53)48-39(42(52)49-40-27-33-26-32(24-25-38(33)47-40)41(51)31-16-8-4-9-17-31)28-37-29-50(30-46-37)45(34-18-10-5-11-19-34,35-20-12-6-13-21-35)36-22-14-7-15-23-36/h4-26,29-30,39H,27-28H2,1-3H3,(H,48,53)(H,47,49,52)/t39-/m0/s1. The van der Waals surface area contributed by atoms with Gasteiger partial charge in [0.05, 0.1) is 17.7 Å². The van der Waals surface area contributed by atoms with Crippen molar-refractivity contribution in [1.82, 2.24) is 20.2 Å². The number of rotatable bonds is 10. The van der Waals surface area contributed by atoms with Crippen LogP contribution in [0.5, 0.6) is 0 Å². The second-order valence-electron chi connectivity index (χ2n) is 14.2. The van der Waals surface area contributed by atoms with Gasteiger partial charge in [0, 0.05) is 30.2 Å². The number of aliphatic imine (C=N–C) groups is 1. The van der Waals surface area contributed by atoms with Crippen molar-refractivity contribution in [3.8, 4) is 0 Å². The van der Waals surface area contributed by atoms with Crippen LogP contribution in [0.2, 0.25) is 0 Å². The number of ether oxygens (including phenoxy) is 1. The molecule has 1 aliphatic heterocycles. The van der Waals surface area contributed by atoms with Crippen molar-refractivity contribution in [2.75, 3.05) is 0 Å². The molecule has 0 spiro atoms. The van der Waals surface area contributed by atoms with Crippen molar-refractivity contribution in [1.29, 1.82) is 0 Å². The fraction of sp³-hybridized carbons (Fsp3) is 0.178. The molecule has 0 saturated heterocycles. The van der Waals surface area contributed by atoms with E-state index in [1.807, 2.05) is 85.1 Å². The maximum atomic E-state index is 14.0. The molecule has 0 saturated carbocycles. The van der Waals surface area contributed by atoms with Crippen LogP contribution in [0.4, 0.5) is 10.5 Å². The zero-order chi connectivity index (χ0) is 37.7. The van der Waals surface area contributed by atoms with Crippen molar-refractivity contribution in [2.45, 2.75) is 50.8 Å². The van der Waals surface area contributed by atoms with Gasteiger partial charge in [-0.05, 0) is 61.2 Å². The first-order chi connectivity index (χ1) is 26.1. The monoisotopic (exact) mass is 715 g/mol. The molecule has 1 aliphatic rings. The summed E-state index contributed by atoms with van der Waals surface area (Å²) in [5.41, 5.74) is 4.72. The van der Waals surface area contributed by atoms with E-state index in [1.165, 1.54) is 0 Å². The first-order valence-corrected chi connectivity index (χ1v) is 17.9. The van der Waals surface area contributed by atoms with Crippen LogP contribution in [-0.4, -0.2) is 44.8 Å². The highest BCUT2D eigenvalue weighted by Crippen LogP contribution is 2.41. The molecule has 54 heavy (non-hydrogen) atoms. The molecule has 2 heterocycles. The van der Waals surface area contributed by atoms with Crippen LogP contribution in [0.3, 0.4) is 0 Å². The molecule has 9 nitrogen and oxygen atoms in total. The van der Waals surface area contributed by atoms with Gasteiger partial charge >= 0.3 is 6.09 Å². The topological polar surface area (TPSA) is 115 Å². The molecule has 7 rings (SSSR count). The molecule has 9 heteroatoms. The number of alkyl carbamates (subject to hydrolysis) is 1. The maximum Gasteiger partial charge on any atom is 0.408 e. The van der Waals surface area contributed by atoms with Crippen LogP contribution < -0.4 is 10.6 Å². The Morgan fingerprint density at radius 2 is 1.30 bits per heavy atom. The lowest BCUT2D eigenvalue weighted by Gasteiger charge is -2.37. The van der Waals surface area contributed by atoms with Gasteiger partial charge < -0.3 is 19.9 Å². The smallest absolute Gasteiger partial charge is 0.408 e. The third-order valence-electron chi connectivity index (χ3n) is 9.28. The summed E-state index contributed by atoms with van der Waals surface area (Å²) < 4.78 is 7.63. The summed E-state index contributed by atoms with van der Waals surface area (Å²) in [4.78, 5) is 49.7. The summed E-state index contributed by atoms with van der Waals surface area (Å²) in [6, 6.07) is 44.1. The largest absolute Gasteiger partial charge is 0.444 e. The number of nitrogens with zero attached hydrogens (tertiary/aromatic N) is 3. The van der Waals surface area contributed by atoms with Crippen LogP contribution in [0.25, 0.3) is 0 Å². The average Bonchev–Trinajstić information content (AvgIpc) is 3.82. The number of hydrogen-bond donors (Lipinski definition) is 2. The van der Waals surface area contributed by atoms with Gasteiger partial charge in [0.25, 0.3) is 0 Å². The molecular formula is C45H41N5O4. The van der Waals surface area contributed by atoms with E-state index in [0.717, 1.165) is 22.3 Å². The second-order valence-corrected chi connectivity index (χ2v) is 14.2. The van der Waals surface area contributed by atoms with Gasteiger partial charge in [-0.3, -0.25) is 9.59 Å². The van der Waals surface area contributed by atoms with E-state index < -0.39 is 29.2 Å². The third kappa shape index (κ3) is 7.61. The Balaban J connectivity index is 1.18. The van der Waals surface area contributed by atoms with Crippen molar-refractivity contribution in [3.63, 3.8) is 0 Å². The lowest BCUT2D eigenvalue weighted by molar-refractivity contribution is -0.121. The molecule has 2 N–H and O–H groups in total. The number of ketones is 1. The van der Waals surface area contributed by atoms with Gasteiger partial charge in [-0.25, -0.2) is 14.8 Å². The van der Waals surface area contributed by atoms with Crippen molar-refractivity contribution in [2.24, 2.45) is 4.99 Å². The van der Waals surface area contributed by atoms with E-state index in [1.54, 1.807) is 51.4 Å². The molecule has 5 aromatic carbocycles. The number of amides is 2. The van der Waals surface area contributed by atoms with Crippen LogP contribution in [-0.2, 0) is 27.9 Å². The summed E-state index contributed by atoms with van der Waals surface area (Å²) >= 11 is 0. The fourth-order valence-electron chi connectivity index (χ4n) is 6.91. The number of nitrogens with one attached hydrogen (secondary N) is 2. The molecule has 270 valence electrons. The number of amidine groups is 1. The third-order valence-corrected chi connectivity index (χ3v) is 9.28. The quantitative estimate of drug-likeness (QED) is 0.111. The summed E-state index contributed by atoms with van der Waals surface area (Å²) in [7, 11) is 0. The molecule has 0 bridgehead atoms. The molecule has 2 amide bonds. The molecule has 0 unspecified atom stereocenters. The zero-order valence-corrected chi connectivity index (χ0v) is 30.4. The lowest BCUT2D eigenvalue weighted by Crippen LogP contribution is -2.50. The van der Waals surface area contributed by atoms with E-state index >= 15 is 0 Å². The van der Waals surface area contributed by atoms with Crippen molar-refractivity contribution >= 4 is 29.3 Å². The number of hydrogen-bond acceptors (Lipinski definition) is 6. The van der Waals surface area contributed by atoms with Crippen LogP contribution in [0, 0.1) is 0 Å². The zero-order valence-electron chi connectivity index (χ0n) is 30.4. The Morgan fingerprint density at radius 1 is 0.741 bits per heavy atom. The molecule has 6 aromatic rings. The molecule has 1 atom stereocenters. The van der Waals surface area contributed by atoms with E-state index in [-0.39, 0.29) is 12.2 Å². The number of carbonyl (C=O) groups excluding carboxylic acids is 3. The fourth-order valence-corrected chi connectivity index (χ4v) is 6.91. The maximum absolute atomic E-state index is 14.0. The minimum atomic E-state index is -1.05. The van der Waals surface area contributed by atoms with Gasteiger partial charge in [-0.15, -0.1) is 0 Å². The number of fused-ring (bicyclic) bond motifs is 1. The second kappa shape index (κ2) is 15.2. The molecule has 1 aromatic heterocycles. The molecule has 0 fully saturated rings. The van der Waals surface area contributed by atoms with Gasteiger partial charge in [-0.1, -0.05) is 121 Å². The Morgan fingerprint density at radius 3 is 1.85 bits per heavy atom. The van der Waals surface area contributed by atoms with E-state index in [4.69, 9.17) is 9.72 Å². The van der Waals surface area contributed by atoms with Crippen LogP contribution >= 0.6 is 0 Å². The lowest BCUT2D eigenvalue weighted by atomic mass is 9.77. The molecule has 0 radical (unpaired) electrons. The Labute approximate surface area is 314 Å². The Hall–Kier alpha value is -6.61. The van der Waals surface area contributed by atoms with Gasteiger partial charge in [-0.2, -0.15) is 0 Å². The minimum Gasteiger partial charge on any atom is -0.444 e. The average molecular weight is 716 g/mol. The normalized spacial score (nSPS) is 13.0. The van der Waals surface area contributed by atoms with Gasteiger partial charge in [0.15, 0.2) is 5.78 Å². The minimum absolute atomic E-state index is 0.0719. The highest BCUT2D eigenvalue weighted by Gasteiger charge is 2.39. The predicted molar refractivity (Wildman–Crippen MR) is 209 cm³/mol. The van der Waals surface area contributed by atoms with Gasteiger partial charge in [0.2, 0.25) is 5.91 Å². The number of aromatic nitrogens is 2. The summed E-state index contributed by atoms with van der Waals surface area (Å²) in [5.74, 6) is -0.146. The van der Waals surface area contributed by atoms with Crippen molar-refractivity contribution in [3.05, 3.63) is 191 Å². The first kappa shape index (κ1) is 35.8. The number of benzene rings is 5. The summed E-state index contributed by atoms with van der Waals surface area (Å²) in [6.45, 7) is 5.29. The Bertz CT molecular complexity index is 2200. The highest BCUT2D eigenvalue weighted by molar-refractivity contribution is 6.10. The predicted octanol–water partition coefficient (Wildman–Crippen LogP) is 7.79. The first-order valence-electron chi connectivity index (χ1n) is 17.9. The van der Waals surface area contributed by atoms with E-state index in [9.17, 15) is 14.4 Å².